The second kappa shape index (κ2) is 9.07. The van der Waals surface area contributed by atoms with E-state index in [1.807, 2.05) is 61.2 Å². The predicted octanol–water partition coefficient (Wildman–Crippen LogP) is 2.62. The van der Waals surface area contributed by atoms with Gasteiger partial charge in [0, 0.05) is 49.7 Å². The van der Waals surface area contributed by atoms with Crippen molar-refractivity contribution >= 4 is 15.8 Å². The van der Waals surface area contributed by atoms with Crippen LogP contribution >= 0.6 is 0 Å². The van der Waals surface area contributed by atoms with Crippen LogP contribution in [0.15, 0.2) is 49.1 Å². The van der Waals surface area contributed by atoms with Crippen LogP contribution in [0.1, 0.15) is 27.3 Å². The Balaban J connectivity index is 1.58. The number of aryl methyl sites for hydroxylation is 1. The Hall–Kier alpha value is -2.22. The van der Waals surface area contributed by atoms with Gasteiger partial charge < -0.3 is 4.57 Å². The number of rotatable bonds is 8. The highest BCUT2D eigenvalue weighted by molar-refractivity contribution is 7.88. The molecule has 156 valence electrons. The second-order valence-electron chi connectivity index (χ2n) is 7.52. The number of piperazine rings is 1. The fourth-order valence-corrected chi connectivity index (χ4v) is 5.34. The molecule has 0 aliphatic carbocycles. The van der Waals surface area contributed by atoms with E-state index < -0.39 is 10.0 Å². The van der Waals surface area contributed by atoms with Crippen LogP contribution in [0.25, 0.3) is 0 Å². The van der Waals surface area contributed by atoms with Gasteiger partial charge >= 0.3 is 0 Å². The molecule has 0 unspecified atom stereocenters. The predicted molar refractivity (Wildman–Crippen MR) is 116 cm³/mol. The molecule has 1 aromatic heterocycles. The van der Waals surface area contributed by atoms with Gasteiger partial charge in [-0.2, -0.15) is 4.31 Å². The maximum absolute atomic E-state index is 12.8. The van der Waals surface area contributed by atoms with Gasteiger partial charge in [0.2, 0.25) is 10.0 Å². The van der Waals surface area contributed by atoms with Gasteiger partial charge in [-0.1, -0.05) is 36.4 Å². The first-order chi connectivity index (χ1) is 13.8. The smallest absolute Gasteiger partial charge is 0.218 e. The molecule has 2 aromatic rings. The van der Waals surface area contributed by atoms with Crippen molar-refractivity contribution in [2.45, 2.75) is 26.1 Å². The van der Waals surface area contributed by atoms with E-state index in [0.717, 1.165) is 22.5 Å². The molecule has 0 atom stereocenters. The molecule has 3 rings (SSSR count). The number of aromatic nitrogens is 1. The Morgan fingerprint density at radius 2 is 1.76 bits per heavy atom. The molecule has 0 spiro atoms. The lowest BCUT2D eigenvalue weighted by molar-refractivity contribution is 0.0901. The molecule has 6 nitrogen and oxygen atoms in total. The SMILES string of the molecule is C=CCn1c(C)cc(C(=O)CN2CCN(S(=O)(=O)Cc3ccccc3)CC2)c1C. The van der Waals surface area contributed by atoms with Crippen LogP contribution in [-0.4, -0.2) is 60.7 Å². The summed E-state index contributed by atoms with van der Waals surface area (Å²) < 4.78 is 29.0. The van der Waals surface area contributed by atoms with E-state index in [0.29, 0.717) is 39.3 Å². The number of ketones is 1. The van der Waals surface area contributed by atoms with Crippen molar-refractivity contribution in [3.05, 3.63) is 71.6 Å². The maximum Gasteiger partial charge on any atom is 0.218 e. The number of sulfonamides is 1. The summed E-state index contributed by atoms with van der Waals surface area (Å²) in [4.78, 5) is 14.8. The Bertz CT molecular complexity index is 972. The van der Waals surface area contributed by atoms with Crippen LogP contribution in [0.2, 0.25) is 0 Å². The molecule has 29 heavy (non-hydrogen) atoms. The first kappa shape index (κ1) is 21.5. The van der Waals surface area contributed by atoms with Gasteiger partial charge in [-0.3, -0.25) is 9.69 Å². The zero-order chi connectivity index (χ0) is 21.0. The normalized spacial score (nSPS) is 16.1. The third kappa shape index (κ3) is 5.04. The number of allylic oxidation sites excluding steroid dienone is 1. The zero-order valence-corrected chi connectivity index (χ0v) is 18.0. The van der Waals surface area contributed by atoms with Crippen molar-refractivity contribution in [3.63, 3.8) is 0 Å². The minimum Gasteiger partial charge on any atom is -0.345 e. The molecule has 1 fully saturated rings. The summed E-state index contributed by atoms with van der Waals surface area (Å²) in [7, 11) is -3.35. The van der Waals surface area contributed by atoms with Crippen LogP contribution in [0.4, 0.5) is 0 Å². The molecule has 0 N–H and O–H groups in total. The van der Waals surface area contributed by atoms with Gasteiger partial charge in [0.05, 0.1) is 12.3 Å². The standard InChI is InChI=1S/C22H29N3O3S/c1-4-10-25-18(2)15-21(19(25)3)22(26)16-23-11-13-24(14-12-23)29(27,28)17-20-8-6-5-7-9-20/h4-9,15H,1,10-14,16-17H2,2-3H3. The summed E-state index contributed by atoms with van der Waals surface area (Å²) in [6.45, 7) is 10.7. The second-order valence-corrected chi connectivity index (χ2v) is 9.49. The minimum atomic E-state index is -3.35. The largest absolute Gasteiger partial charge is 0.345 e. The number of Topliss-reactive ketones (excluding diaryl/α,β-unsaturated/α-hetero) is 1. The van der Waals surface area contributed by atoms with E-state index in [9.17, 15) is 13.2 Å². The highest BCUT2D eigenvalue weighted by Gasteiger charge is 2.28. The topological polar surface area (TPSA) is 62.6 Å². The number of carbonyl (C=O) groups is 1. The van der Waals surface area contributed by atoms with E-state index in [2.05, 4.69) is 11.1 Å². The molecule has 1 aliphatic rings. The van der Waals surface area contributed by atoms with E-state index in [-0.39, 0.29) is 11.5 Å². The van der Waals surface area contributed by atoms with Crippen molar-refractivity contribution < 1.29 is 13.2 Å². The number of carbonyl (C=O) groups excluding carboxylic acids is 1. The van der Waals surface area contributed by atoms with Gasteiger partial charge in [-0.05, 0) is 25.5 Å². The third-order valence-electron chi connectivity index (χ3n) is 5.47. The number of benzene rings is 1. The summed E-state index contributed by atoms with van der Waals surface area (Å²) in [5, 5.41) is 0. The Morgan fingerprint density at radius 3 is 2.38 bits per heavy atom. The molecule has 2 heterocycles. The number of nitrogens with zero attached hydrogens (tertiary/aromatic N) is 3. The Morgan fingerprint density at radius 1 is 1.10 bits per heavy atom. The monoisotopic (exact) mass is 415 g/mol. The molecule has 1 aliphatic heterocycles. The molecule has 7 heteroatoms. The Labute approximate surface area is 173 Å². The van der Waals surface area contributed by atoms with Gasteiger partial charge in [0.1, 0.15) is 0 Å². The fraction of sp³-hybridized carbons (Fsp3) is 0.409. The molecule has 1 aromatic carbocycles. The molecular formula is C22H29N3O3S. The molecule has 0 radical (unpaired) electrons. The average molecular weight is 416 g/mol. The van der Waals surface area contributed by atoms with Gasteiger partial charge in [0.25, 0.3) is 0 Å². The molecule has 0 saturated carbocycles. The van der Waals surface area contributed by atoms with Crippen molar-refractivity contribution in [1.82, 2.24) is 13.8 Å². The zero-order valence-electron chi connectivity index (χ0n) is 17.2. The molecule has 0 amide bonds. The van der Waals surface area contributed by atoms with Crippen LogP contribution in [0.5, 0.6) is 0 Å². The third-order valence-corrected chi connectivity index (χ3v) is 7.32. The van der Waals surface area contributed by atoms with E-state index >= 15 is 0 Å². The fourth-order valence-electron chi connectivity index (χ4n) is 3.82. The van der Waals surface area contributed by atoms with E-state index in [1.165, 1.54) is 4.31 Å². The summed E-state index contributed by atoms with van der Waals surface area (Å²) in [5.74, 6) is 0.0937. The molecular weight excluding hydrogens is 386 g/mol. The van der Waals surface area contributed by atoms with Crippen molar-refractivity contribution in [1.29, 1.82) is 0 Å². The van der Waals surface area contributed by atoms with Crippen LogP contribution in [-0.2, 0) is 22.3 Å². The highest BCUT2D eigenvalue weighted by atomic mass is 32.2. The van der Waals surface area contributed by atoms with Crippen LogP contribution < -0.4 is 0 Å². The van der Waals surface area contributed by atoms with Crippen LogP contribution in [0.3, 0.4) is 0 Å². The lowest BCUT2D eigenvalue weighted by Gasteiger charge is -2.33. The van der Waals surface area contributed by atoms with Gasteiger partial charge in [0.15, 0.2) is 5.78 Å². The number of hydrogen-bond acceptors (Lipinski definition) is 4. The molecule has 0 bridgehead atoms. The summed E-state index contributed by atoms with van der Waals surface area (Å²) >= 11 is 0. The average Bonchev–Trinajstić information content (AvgIpc) is 2.97. The summed E-state index contributed by atoms with van der Waals surface area (Å²) in [6.07, 6.45) is 1.82. The maximum atomic E-state index is 12.8. The highest BCUT2D eigenvalue weighted by Crippen LogP contribution is 2.18. The summed E-state index contributed by atoms with van der Waals surface area (Å²) in [6, 6.07) is 11.2. The summed E-state index contributed by atoms with van der Waals surface area (Å²) in [5.41, 5.74) is 3.53. The lowest BCUT2D eigenvalue weighted by atomic mass is 10.1. The van der Waals surface area contributed by atoms with E-state index in [4.69, 9.17) is 0 Å². The van der Waals surface area contributed by atoms with Crippen LogP contribution in [0, 0.1) is 13.8 Å². The van der Waals surface area contributed by atoms with Crippen molar-refractivity contribution in [2.24, 2.45) is 0 Å². The lowest BCUT2D eigenvalue weighted by Crippen LogP contribution is -2.50. The quantitative estimate of drug-likeness (QED) is 0.491. The van der Waals surface area contributed by atoms with Crippen molar-refractivity contribution in [2.75, 3.05) is 32.7 Å². The van der Waals surface area contributed by atoms with Crippen molar-refractivity contribution in [3.8, 4) is 0 Å². The minimum absolute atomic E-state index is 0.0159. The first-order valence-corrected chi connectivity index (χ1v) is 11.5. The first-order valence-electron chi connectivity index (χ1n) is 9.86. The number of hydrogen-bond donors (Lipinski definition) is 0. The Kier molecular flexibility index (Phi) is 6.72. The van der Waals surface area contributed by atoms with E-state index in [1.54, 1.807) is 0 Å². The van der Waals surface area contributed by atoms with Gasteiger partial charge in [-0.25, -0.2) is 8.42 Å². The van der Waals surface area contributed by atoms with Gasteiger partial charge in [-0.15, -0.1) is 6.58 Å². The molecule has 1 saturated heterocycles.